The summed E-state index contributed by atoms with van der Waals surface area (Å²) in [6, 6.07) is 13.6. The summed E-state index contributed by atoms with van der Waals surface area (Å²) in [4.78, 5) is 23.8. The van der Waals surface area contributed by atoms with Crippen LogP contribution in [-0.2, 0) is 0 Å². The summed E-state index contributed by atoms with van der Waals surface area (Å²) in [5.74, 6) is -2.64. The quantitative estimate of drug-likeness (QED) is 0.289. The summed E-state index contributed by atoms with van der Waals surface area (Å²) >= 11 is 0. The van der Waals surface area contributed by atoms with Crippen LogP contribution in [0.3, 0.4) is 0 Å². The number of fused-ring (bicyclic) bond motifs is 1. The molecule has 25 heavy (non-hydrogen) atoms. The molecule has 5 nitrogen and oxygen atoms in total. The fraction of sp³-hybridized carbons (Fsp3) is 0. The van der Waals surface area contributed by atoms with Gasteiger partial charge in [0.2, 0.25) is 0 Å². The Morgan fingerprint density at radius 1 is 0.800 bits per heavy atom. The Bertz CT molecular complexity index is 957. The van der Waals surface area contributed by atoms with Gasteiger partial charge in [0.05, 0.1) is 5.97 Å². The van der Waals surface area contributed by atoms with E-state index < -0.39 is 17.5 Å². The van der Waals surface area contributed by atoms with E-state index in [1.165, 1.54) is 30.3 Å². The molecule has 2 N–H and O–H groups in total. The van der Waals surface area contributed by atoms with E-state index in [9.17, 15) is 19.8 Å². The normalized spacial score (nSPS) is 9.76. The predicted molar refractivity (Wildman–Crippen MR) is 82.0 cm³/mol. The number of nitrogens with two attached hydrogens (primary N) is 1. The van der Waals surface area contributed by atoms with Gasteiger partial charge in [0.25, 0.3) is 0 Å². The molecule has 3 aromatic rings. The minimum Gasteiger partial charge on any atom is -0.872 e. The van der Waals surface area contributed by atoms with Crippen LogP contribution in [0.5, 0.6) is 5.75 Å². The van der Waals surface area contributed by atoms with Crippen molar-refractivity contribution in [1.82, 2.24) is 0 Å². The molecule has 114 valence electrons. The van der Waals surface area contributed by atoms with Crippen molar-refractivity contribution in [1.29, 1.82) is 0 Å². The zero-order valence-corrected chi connectivity index (χ0v) is 17.9. The summed E-state index contributed by atoms with van der Waals surface area (Å²) in [7, 11) is 0. The van der Waals surface area contributed by atoms with Crippen LogP contribution in [0.2, 0.25) is 0 Å². The fourth-order valence-electron chi connectivity index (χ4n) is 2.55. The first-order chi connectivity index (χ1) is 11.0. The molecule has 0 saturated carbocycles. The van der Waals surface area contributed by atoms with Gasteiger partial charge in [-0.05, 0) is 11.5 Å². The first-order valence-corrected chi connectivity index (χ1v) is 6.84. The van der Waals surface area contributed by atoms with Crippen molar-refractivity contribution < 1.29 is 78.9 Å². The van der Waals surface area contributed by atoms with E-state index in [1.54, 1.807) is 24.3 Å². The van der Waals surface area contributed by atoms with Gasteiger partial charge in [-0.25, -0.2) is 0 Å². The first kappa shape index (κ1) is 21.7. The average molecular weight is 351 g/mol. The Hall–Kier alpha value is -1.34. The standard InChI is InChI=1S/C18H13NO4.2Na/c19-15-9-14(16(20)11-6-2-1-5-10(11)15)17(21)12-7-3-4-8-13(12)18(22)23;;/h1-9,20H,19H2,(H,22,23);;/q;2*+1/p-2. The number of nitrogen functional groups attached to an aromatic ring is 1. The third-order valence-electron chi connectivity index (χ3n) is 3.66. The molecule has 0 spiro atoms. The van der Waals surface area contributed by atoms with E-state index in [0.29, 0.717) is 10.8 Å². The number of carboxylic acid groups (broad SMARTS) is 1. The topological polar surface area (TPSA) is 106 Å². The van der Waals surface area contributed by atoms with E-state index in [2.05, 4.69) is 0 Å². The van der Waals surface area contributed by atoms with Crippen LogP contribution in [0, 0.1) is 0 Å². The molecule has 0 radical (unpaired) electrons. The van der Waals surface area contributed by atoms with Crippen molar-refractivity contribution in [3.05, 3.63) is 71.3 Å². The maximum atomic E-state index is 12.6. The van der Waals surface area contributed by atoms with E-state index in [4.69, 9.17) is 5.73 Å². The Labute approximate surface area is 188 Å². The molecule has 0 aliphatic rings. The summed E-state index contributed by atoms with van der Waals surface area (Å²) in [5, 5.41) is 24.6. The molecular formula is C18H11NNa2O4. The molecular weight excluding hydrogens is 340 g/mol. The molecule has 3 aromatic carbocycles. The van der Waals surface area contributed by atoms with Crippen LogP contribution >= 0.6 is 0 Å². The molecule has 0 bridgehead atoms. The number of anilines is 1. The van der Waals surface area contributed by atoms with Crippen LogP contribution in [0.25, 0.3) is 10.8 Å². The van der Waals surface area contributed by atoms with E-state index in [0.717, 1.165) is 0 Å². The van der Waals surface area contributed by atoms with Crippen LogP contribution in [0.15, 0.2) is 54.6 Å². The van der Waals surface area contributed by atoms with Crippen molar-refractivity contribution >= 4 is 28.2 Å². The number of ketones is 1. The van der Waals surface area contributed by atoms with Crippen molar-refractivity contribution in [2.75, 3.05) is 5.73 Å². The number of rotatable bonds is 3. The SMILES string of the molecule is Nc1cc(C(=O)c2ccccc2C(=O)[O-])c([O-])c2ccccc12.[Na+].[Na+]. The van der Waals surface area contributed by atoms with E-state index in [-0.39, 0.29) is 81.5 Å². The first-order valence-electron chi connectivity index (χ1n) is 6.84. The molecule has 0 unspecified atom stereocenters. The average Bonchev–Trinajstić information content (AvgIpc) is 2.57. The third kappa shape index (κ3) is 4.08. The van der Waals surface area contributed by atoms with Crippen molar-refractivity contribution in [3.63, 3.8) is 0 Å². The molecule has 0 aliphatic heterocycles. The largest absolute Gasteiger partial charge is 1.00 e. The Morgan fingerprint density at radius 2 is 1.32 bits per heavy atom. The Kier molecular flexibility index (Phi) is 7.68. The molecule has 0 heterocycles. The number of aromatic carboxylic acids is 1. The fourth-order valence-corrected chi connectivity index (χ4v) is 2.55. The second-order valence-electron chi connectivity index (χ2n) is 5.05. The van der Waals surface area contributed by atoms with E-state index in [1.807, 2.05) is 0 Å². The summed E-state index contributed by atoms with van der Waals surface area (Å²) in [6.07, 6.45) is 0. The molecule has 0 atom stereocenters. The van der Waals surface area contributed by atoms with Gasteiger partial charge in [-0.1, -0.05) is 54.3 Å². The van der Waals surface area contributed by atoms with Gasteiger partial charge in [-0.3, -0.25) is 4.79 Å². The van der Waals surface area contributed by atoms with Crippen LogP contribution in [0.4, 0.5) is 5.69 Å². The second kappa shape index (κ2) is 8.85. The Morgan fingerprint density at radius 3 is 1.92 bits per heavy atom. The van der Waals surface area contributed by atoms with Gasteiger partial charge in [-0.15, -0.1) is 0 Å². The van der Waals surface area contributed by atoms with Gasteiger partial charge in [0, 0.05) is 27.8 Å². The molecule has 0 fully saturated rings. The Balaban J connectivity index is 0.00000156. The van der Waals surface area contributed by atoms with Crippen LogP contribution in [0.1, 0.15) is 26.3 Å². The predicted octanol–water partition coefficient (Wildman–Crippen LogP) is -4.90. The molecule has 7 heteroatoms. The van der Waals surface area contributed by atoms with E-state index >= 15 is 0 Å². The minimum atomic E-state index is -1.48. The third-order valence-corrected chi connectivity index (χ3v) is 3.66. The summed E-state index contributed by atoms with van der Waals surface area (Å²) in [5.41, 5.74) is 5.69. The summed E-state index contributed by atoms with van der Waals surface area (Å²) < 4.78 is 0. The van der Waals surface area contributed by atoms with Crippen molar-refractivity contribution in [3.8, 4) is 5.75 Å². The molecule has 0 amide bonds. The van der Waals surface area contributed by atoms with Crippen molar-refractivity contribution in [2.24, 2.45) is 0 Å². The smallest absolute Gasteiger partial charge is 0.872 e. The maximum absolute atomic E-state index is 12.6. The van der Waals surface area contributed by atoms with Gasteiger partial charge >= 0.3 is 59.1 Å². The monoisotopic (exact) mass is 351 g/mol. The minimum absolute atomic E-state index is 0. The zero-order chi connectivity index (χ0) is 16.6. The zero-order valence-electron chi connectivity index (χ0n) is 13.9. The van der Waals surface area contributed by atoms with Gasteiger partial charge in [0.15, 0.2) is 5.78 Å². The van der Waals surface area contributed by atoms with Gasteiger partial charge < -0.3 is 20.7 Å². The van der Waals surface area contributed by atoms with Gasteiger partial charge in [0.1, 0.15) is 0 Å². The molecule has 0 aromatic heterocycles. The number of carboxylic acids is 1. The van der Waals surface area contributed by atoms with Gasteiger partial charge in [-0.2, -0.15) is 0 Å². The number of benzene rings is 3. The summed E-state index contributed by atoms with van der Waals surface area (Å²) in [6.45, 7) is 0. The molecule has 0 aliphatic carbocycles. The number of carbonyl (C=O) groups is 2. The number of hydrogen-bond acceptors (Lipinski definition) is 5. The molecule has 3 rings (SSSR count). The number of hydrogen-bond donors (Lipinski definition) is 1. The maximum Gasteiger partial charge on any atom is 1.00 e. The van der Waals surface area contributed by atoms with Crippen molar-refractivity contribution in [2.45, 2.75) is 0 Å². The number of carbonyl (C=O) groups excluding carboxylic acids is 2. The molecule has 0 saturated heterocycles. The van der Waals surface area contributed by atoms with Crippen LogP contribution in [-0.4, -0.2) is 11.8 Å². The second-order valence-corrected chi connectivity index (χ2v) is 5.05. The van der Waals surface area contributed by atoms with Crippen LogP contribution < -0.4 is 75.1 Å².